The molecule has 0 radical (unpaired) electrons. The number of amides is 2. The van der Waals surface area contributed by atoms with Crippen LogP contribution in [0.3, 0.4) is 0 Å². The second kappa shape index (κ2) is 17.4. The van der Waals surface area contributed by atoms with Gasteiger partial charge in [0.25, 0.3) is 5.91 Å². The molecule has 3 aromatic rings. The maximum Gasteiger partial charge on any atom is 0.410 e. The fraction of sp³-hybridized carbons (Fsp3) is 0.500. The molecule has 13 nitrogen and oxygen atoms in total. The molecule has 1 heterocycles. The molecule has 52 heavy (non-hydrogen) atoms. The quantitative estimate of drug-likeness (QED) is 0.0457. The zero-order chi connectivity index (χ0) is 38.3. The van der Waals surface area contributed by atoms with Gasteiger partial charge in [-0.3, -0.25) is 4.79 Å². The Kier molecular flexibility index (Phi) is 13.9. The van der Waals surface area contributed by atoms with Crippen molar-refractivity contribution in [1.82, 2.24) is 14.9 Å². The van der Waals surface area contributed by atoms with Gasteiger partial charge in [-0.05, 0) is 100 Å². The summed E-state index contributed by atoms with van der Waals surface area (Å²) in [7, 11) is -2.16. The molecule has 1 aliphatic carbocycles. The van der Waals surface area contributed by atoms with E-state index in [4.69, 9.17) is 20.1 Å². The minimum atomic E-state index is -3.69. The van der Waals surface area contributed by atoms with E-state index in [2.05, 4.69) is 37.3 Å². The van der Waals surface area contributed by atoms with Crippen LogP contribution >= 0.6 is 28.5 Å². The molecule has 0 aliphatic heterocycles. The van der Waals surface area contributed by atoms with Crippen LogP contribution < -0.4 is 11.1 Å². The molecule has 2 amide bonds. The molecule has 0 bridgehead atoms. The molecule has 1 aromatic heterocycles. The van der Waals surface area contributed by atoms with E-state index in [0.717, 1.165) is 32.1 Å². The Labute approximate surface area is 320 Å². The Morgan fingerprint density at radius 3 is 2.37 bits per heavy atom. The number of halogens is 1. The van der Waals surface area contributed by atoms with Gasteiger partial charge in [-0.15, -0.1) is 0 Å². The van der Waals surface area contributed by atoms with E-state index in [1.165, 1.54) is 24.2 Å². The van der Waals surface area contributed by atoms with Crippen molar-refractivity contribution in [2.75, 3.05) is 24.7 Å². The van der Waals surface area contributed by atoms with Crippen LogP contribution in [-0.4, -0.2) is 75.1 Å². The predicted octanol–water partition coefficient (Wildman–Crippen LogP) is 7.41. The van der Waals surface area contributed by atoms with Crippen molar-refractivity contribution >= 4 is 61.8 Å². The third kappa shape index (κ3) is 10.5. The van der Waals surface area contributed by atoms with Gasteiger partial charge in [-0.25, -0.2) is 23.2 Å². The summed E-state index contributed by atoms with van der Waals surface area (Å²) >= 11 is 2.18. The lowest BCUT2D eigenvalue weighted by Crippen LogP contribution is -2.36. The SMILES string of the molecule is CN(Cc1cccc(NC(=O)c2nc(-c3ccc(S(=O)(=O)C4(CC(C)(CCCCCCO)OPI)CC4)cc3)cnc2N)c1O)C(=O)OC(C)(C)C. The molecule has 0 spiro atoms. The van der Waals surface area contributed by atoms with Gasteiger partial charge in [0.1, 0.15) is 11.4 Å². The monoisotopic (exact) mass is 869 g/mol. The van der Waals surface area contributed by atoms with Crippen molar-refractivity contribution in [1.29, 1.82) is 0 Å². The van der Waals surface area contributed by atoms with E-state index in [9.17, 15) is 23.1 Å². The highest BCUT2D eigenvalue weighted by Crippen LogP contribution is 2.54. The normalized spacial score (nSPS) is 15.3. The average molecular weight is 870 g/mol. The average Bonchev–Trinajstić information content (AvgIpc) is 3.86. The number of hydrogen-bond acceptors (Lipinski definition) is 11. The van der Waals surface area contributed by atoms with E-state index in [1.807, 2.05) is 6.92 Å². The molecule has 284 valence electrons. The number of aromatic hydroxyl groups is 1. The Morgan fingerprint density at radius 2 is 1.75 bits per heavy atom. The zero-order valence-electron chi connectivity index (χ0n) is 30.2. The Hall–Kier alpha value is -3.11. The first kappa shape index (κ1) is 41.6. The number of sulfone groups is 1. The molecular weight excluding hydrogens is 820 g/mol. The Bertz CT molecular complexity index is 1840. The number of aliphatic hydroxyl groups excluding tert-OH is 1. The van der Waals surface area contributed by atoms with Crippen LogP contribution in [0.4, 0.5) is 16.3 Å². The van der Waals surface area contributed by atoms with Crippen molar-refractivity contribution in [3.8, 4) is 17.0 Å². The van der Waals surface area contributed by atoms with Gasteiger partial charge in [-0.1, -0.05) is 43.5 Å². The molecule has 2 atom stereocenters. The van der Waals surface area contributed by atoms with Crippen molar-refractivity contribution < 1.29 is 37.5 Å². The van der Waals surface area contributed by atoms with Gasteiger partial charge >= 0.3 is 6.09 Å². The van der Waals surface area contributed by atoms with Crippen LogP contribution in [0.5, 0.6) is 5.75 Å². The van der Waals surface area contributed by atoms with Crippen LogP contribution in [0.2, 0.25) is 0 Å². The number of benzene rings is 2. The van der Waals surface area contributed by atoms with E-state index in [1.54, 1.807) is 57.2 Å². The standard InChI is InChI=1S/C36H49IN5O8PS/c1-34(2,3)49-33(46)42(5)22-25-11-10-12-27(30(25)44)41-32(45)29-31(38)39-21-28(40-29)24-13-15-26(16-14-24)52(47,48)36(18-19-36)23-35(4,50-51-37)17-8-6-7-9-20-43/h10-16,21,43-44,51H,6-9,17-20,22-23H2,1-5H3,(H2,38,39)(H,41,45). The third-order valence-corrected chi connectivity index (χ3v) is 12.7. The van der Waals surface area contributed by atoms with Crippen molar-refractivity contribution in [3.63, 3.8) is 0 Å². The van der Waals surface area contributed by atoms with Gasteiger partial charge in [0.05, 0.1) is 45.8 Å². The number of ether oxygens (including phenoxy) is 1. The van der Waals surface area contributed by atoms with Gasteiger partial charge in [0.15, 0.2) is 21.3 Å². The summed E-state index contributed by atoms with van der Waals surface area (Å²) in [6, 6.07) is 11.1. The lowest BCUT2D eigenvalue weighted by atomic mass is 9.92. The Morgan fingerprint density at radius 1 is 1.08 bits per heavy atom. The summed E-state index contributed by atoms with van der Waals surface area (Å²) in [5.41, 5.74) is 5.88. The minimum absolute atomic E-state index is 0.0205. The number of nitrogens with one attached hydrogen (secondary N) is 1. The molecule has 16 heteroatoms. The third-order valence-electron chi connectivity index (χ3n) is 8.93. The summed E-state index contributed by atoms with van der Waals surface area (Å²) in [5, 5.41) is 22.6. The number of hydrogen-bond donors (Lipinski definition) is 4. The molecule has 1 saturated carbocycles. The lowest BCUT2D eigenvalue weighted by Gasteiger charge is -2.33. The van der Waals surface area contributed by atoms with Gasteiger partial charge in [0.2, 0.25) is 0 Å². The zero-order valence-corrected chi connectivity index (χ0v) is 34.2. The number of nitrogens with two attached hydrogens (primary N) is 1. The van der Waals surface area contributed by atoms with Crippen LogP contribution in [-0.2, 0) is 25.6 Å². The van der Waals surface area contributed by atoms with E-state index in [-0.39, 0.29) is 47.4 Å². The number of carbonyl (C=O) groups is 2. The van der Waals surface area contributed by atoms with Gasteiger partial charge in [0, 0.05) is 24.8 Å². The minimum Gasteiger partial charge on any atom is -0.505 e. The number of nitrogens with zero attached hydrogens (tertiary/aromatic N) is 3. The van der Waals surface area contributed by atoms with Gasteiger partial charge < -0.3 is 35.4 Å². The maximum absolute atomic E-state index is 14.0. The van der Waals surface area contributed by atoms with E-state index >= 15 is 0 Å². The summed E-state index contributed by atoms with van der Waals surface area (Å²) in [6.45, 7) is 7.66. The summed E-state index contributed by atoms with van der Waals surface area (Å²) in [6.07, 6.45) is 6.63. The number of nitrogen functional groups attached to an aromatic ring is 1. The number of rotatable bonds is 17. The van der Waals surface area contributed by atoms with Crippen molar-refractivity contribution in [2.45, 2.75) is 106 Å². The molecule has 5 N–H and O–H groups in total. The fourth-order valence-electron chi connectivity index (χ4n) is 6.02. The smallest absolute Gasteiger partial charge is 0.410 e. The molecule has 4 rings (SSSR count). The number of phenolic OH excluding ortho intramolecular Hbond substituents is 1. The number of carbonyl (C=O) groups excluding carboxylic acids is 2. The maximum atomic E-state index is 14.0. The van der Waals surface area contributed by atoms with Crippen LogP contribution in [0.1, 0.15) is 95.1 Å². The fourth-order valence-corrected chi connectivity index (χ4v) is 10.1. The van der Waals surface area contributed by atoms with Crippen LogP contribution in [0.25, 0.3) is 11.3 Å². The molecule has 0 saturated heterocycles. The first-order chi connectivity index (χ1) is 24.4. The first-order valence-electron chi connectivity index (χ1n) is 17.1. The number of aliphatic hydroxyl groups is 1. The predicted molar refractivity (Wildman–Crippen MR) is 211 cm³/mol. The lowest BCUT2D eigenvalue weighted by molar-refractivity contribution is 0.0284. The highest BCUT2D eigenvalue weighted by molar-refractivity contribution is 14.2. The number of aromatic nitrogens is 2. The summed E-state index contributed by atoms with van der Waals surface area (Å²) in [5.74, 6) is -1.10. The Balaban J connectivity index is 1.48. The van der Waals surface area contributed by atoms with Crippen molar-refractivity contribution in [2.24, 2.45) is 0 Å². The second-order valence-electron chi connectivity index (χ2n) is 14.5. The van der Waals surface area contributed by atoms with Crippen LogP contribution in [0.15, 0.2) is 53.6 Å². The highest BCUT2D eigenvalue weighted by atomic mass is 127. The molecule has 1 fully saturated rings. The largest absolute Gasteiger partial charge is 0.505 e. The van der Waals surface area contributed by atoms with E-state index in [0.29, 0.717) is 36.1 Å². The summed E-state index contributed by atoms with van der Waals surface area (Å²) < 4.78 is 38.6. The number of unbranched alkanes of at least 4 members (excludes halogenated alkanes) is 3. The number of phenols is 1. The molecule has 2 unspecified atom stereocenters. The summed E-state index contributed by atoms with van der Waals surface area (Å²) in [4.78, 5) is 35.9. The van der Waals surface area contributed by atoms with E-state index < -0.39 is 37.8 Å². The van der Waals surface area contributed by atoms with Crippen LogP contribution in [0, 0.1) is 0 Å². The molecular formula is C36H49IN5O8PS. The molecule has 2 aromatic carbocycles. The first-order valence-corrected chi connectivity index (χ1v) is 22.6. The molecule has 1 aliphatic rings. The second-order valence-corrected chi connectivity index (χ2v) is 18.5. The highest BCUT2D eigenvalue weighted by Gasteiger charge is 2.58. The van der Waals surface area contributed by atoms with Crippen molar-refractivity contribution in [3.05, 3.63) is 59.9 Å². The van der Waals surface area contributed by atoms with Gasteiger partial charge in [-0.2, -0.15) is 0 Å². The number of para-hydroxylation sites is 1. The number of anilines is 2. The topological polar surface area (TPSA) is 194 Å².